The van der Waals surface area contributed by atoms with Crippen molar-refractivity contribution in [2.24, 2.45) is 4.99 Å². The summed E-state index contributed by atoms with van der Waals surface area (Å²) in [7, 11) is 0. The van der Waals surface area contributed by atoms with E-state index in [4.69, 9.17) is 0 Å². The summed E-state index contributed by atoms with van der Waals surface area (Å²) in [4.78, 5) is 4.45. The summed E-state index contributed by atoms with van der Waals surface area (Å²) in [5, 5.41) is 0. The van der Waals surface area contributed by atoms with E-state index >= 15 is 0 Å². The Bertz CT molecular complexity index is 371. The summed E-state index contributed by atoms with van der Waals surface area (Å²) in [5.41, 5.74) is 3.77. The smallest absolute Gasteiger partial charge is 0.0389 e. The molecule has 86 valence electrons. The molecule has 0 N–H and O–H groups in total. The van der Waals surface area contributed by atoms with Crippen LogP contribution < -0.4 is 0 Å². The molecule has 0 amide bonds. The maximum Gasteiger partial charge on any atom is 0.0389 e. The molecule has 0 bridgehead atoms. The zero-order valence-electron chi connectivity index (χ0n) is 10.5. The van der Waals surface area contributed by atoms with Crippen molar-refractivity contribution in [3.05, 3.63) is 41.0 Å². The lowest BCUT2D eigenvalue weighted by Crippen LogP contribution is -1.88. The van der Waals surface area contributed by atoms with Gasteiger partial charge >= 0.3 is 0 Å². The van der Waals surface area contributed by atoms with Gasteiger partial charge in [0.25, 0.3) is 0 Å². The molecule has 0 atom stereocenters. The molecule has 0 aliphatic carbocycles. The average molecular weight is 215 g/mol. The highest BCUT2D eigenvalue weighted by atomic mass is 14.7. The van der Waals surface area contributed by atoms with E-state index in [1.807, 2.05) is 6.21 Å². The van der Waals surface area contributed by atoms with E-state index in [-0.39, 0.29) is 0 Å². The Morgan fingerprint density at radius 3 is 2.50 bits per heavy atom. The summed E-state index contributed by atoms with van der Waals surface area (Å²) in [6.07, 6.45) is 6.56. The van der Waals surface area contributed by atoms with Gasteiger partial charge in [0.05, 0.1) is 0 Å². The van der Waals surface area contributed by atoms with Gasteiger partial charge in [-0.1, -0.05) is 49.3 Å². The zero-order valence-corrected chi connectivity index (χ0v) is 10.5. The molecule has 0 aromatic heterocycles. The van der Waals surface area contributed by atoms with Crippen LogP contribution in [-0.4, -0.2) is 12.8 Å². The molecule has 0 unspecified atom stereocenters. The van der Waals surface area contributed by atoms with Crippen LogP contribution in [0.3, 0.4) is 0 Å². The number of benzene rings is 1. The molecule has 0 saturated carbocycles. The standard InChI is InChI=1S/C15H21N/c1-4-5-10-16-12-15-9-7-6-8-14(15)11-13(2)3/h6-9,11-12H,4-5,10H2,1-3H3. The predicted molar refractivity (Wildman–Crippen MR) is 73.1 cm³/mol. The van der Waals surface area contributed by atoms with Gasteiger partial charge < -0.3 is 0 Å². The molecule has 1 nitrogen and oxygen atoms in total. The molecule has 16 heavy (non-hydrogen) atoms. The second-order valence-electron chi connectivity index (χ2n) is 4.24. The minimum atomic E-state index is 0.930. The Kier molecular flexibility index (Phi) is 5.55. The van der Waals surface area contributed by atoms with Gasteiger partial charge in [0.15, 0.2) is 0 Å². The van der Waals surface area contributed by atoms with E-state index in [1.54, 1.807) is 0 Å². The van der Waals surface area contributed by atoms with Crippen molar-refractivity contribution in [1.29, 1.82) is 0 Å². The van der Waals surface area contributed by atoms with Crippen LogP contribution in [0.2, 0.25) is 0 Å². The van der Waals surface area contributed by atoms with E-state index in [0.29, 0.717) is 0 Å². The molecule has 0 aliphatic heterocycles. The maximum absolute atomic E-state index is 4.45. The third kappa shape index (κ3) is 4.43. The largest absolute Gasteiger partial charge is 0.293 e. The van der Waals surface area contributed by atoms with Gasteiger partial charge in [0.1, 0.15) is 0 Å². The van der Waals surface area contributed by atoms with Crippen LogP contribution in [0, 0.1) is 0 Å². The van der Waals surface area contributed by atoms with Crippen LogP contribution in [0.5, 0.6) is 0 Å². The lowest BCUT2D eigenvalue weighted by atomic mass is 10.1. The summed E-state index contributed by atoms with van der Waals surface area (Å²) in [5.74, 6) is 0. The van der Waals surface area contributed by atoms with Crippen molar-refractivity contribution in [2.45, 2.75) is 33.6 Å². The molecule has 1 rings (SSSR count). The van der Waals surface area contributed by atoms with E-state index in [1.165, 1.54) is 29.5 Å². The highest BCUT2D eigenvalue weighted by molar-refractivity contribution is 5.85. The second-order valence-corrected chi connectivity index (χ2v) is 4.24. The summed E-state index contributed by atoms with van der Waals surface area (Å²) >= 11 is 0. The fourth-order valence-corrected chi connectivity index (χ4v) is 1.48. The van der Waals surface area contributed by atoms with Crippen LogP contribution in [0.4, 0.5) is 0 Å². The predicted octanol–water partition coefficient (Wildman–Crippen LogP) is 4.33. The molecular formula is C15H21N. The fraction of sp³-hybridized carbons (Fsp3) is 0.400. The van der Waals surface area contributed by atoms with Crippen molar-refractivity contribution in [2.75, 3.05) is 6.54 Å². The van der Waals surface area contributed by atoms with E-state index in [9.17, 15) is 0 Å². The van der Waals surface area contributed by atoms with Crippen molar-refractivity contribution in [3.63, 3.8) is 0 Å². The van der Waals surface area contributed by atoms with Crippen molar-refractivity contribution < 1.29 is 0 Å². The number of hydrogen-bond acceptors (Lipinski definition) is 1. The van der Waals surface area contributed by atoms with Gasteiger partial charge in [0, 0.05) is 12.8 Å². The van der Waals surface area contributed by atoms with Crippen LogP contribution in [0.25, 0.3) is 6.08 Å². The van der Waals surface area contributed by atoms with E-state index < -0.39 is 0 Å². The number of unbranched alkanes of at least 4 members (excludes halogenated alkanes) is 1. The van der Waals surface area contributed by atoms with Crippen molar-refractivity contribution in [3.8, 4) is 0 Å². The molecule has 0 spiro atoms. The van der Waals surface area contributed by atoms with Gasteiger partial charge in [-0.25, -0.2) is 0 Å². The number of hydrogen-bond donors (Lipinski definition) is 0. The quantitative estimate of drug-likeness (QED) is 0.512. The minimum Gasteiger partial charge on any atom is -0.293 e. The molecule has 1 aromatic carbocycles. The average Bonchev–Trinajstić information content (AvgIpc) is 2.26. The van der Waals surface area contributed by atoms with Crippen LogP contribution in [0.1, 0.15) is 44.7 Å². The lowest BCUT2D eigenvalue weighted by Gasteiger charge is -2.01. The van der Waals surface area contributed by atoms with Crippen molar-refractivity contribution in [1.82, 2.24) is 0 Å². The molecule has 0 saturated heterocycles. The second kappa shape index (κ2) is 7.00. The SMILES string of the molecule is CCCCN=Cc1ccccc1C=C(C)C. The molecule has 0 radical (unpaired) electrons. The topological polar surface area (TPSA) is 12.4 Å². The fourth-order valence-electron chi connectivity index (χ4n) is 1.48. The highest BCUT2D eigenvalue weighted by Gasteiger charge is 1.95. The number of rotatable bonds is 5. The van der Waals surface area contributed by atoms with E-state index in [0.717, 1.165) is 6.54 Å². The molecule has 1 aromatic rings. The van der Waals surface area contributed by atoms with Crippen molar-refractivity contribution >= 4 is 12.3 Å². The van der Waals surface area contributed by atoms with Gasteiger partial charge in [-0.2, -0.15) is 0 Å². The number of allylic oxidation sites excluding steroid dienone is 1. The van der Waals surface area contributed by atoms with Gasteiger partial charge in [-0.05, 0) is 31.4 Å². The molecule has 0 fully saturated rings. The lowest BCUT2D eigenvalue weighted by molar-refractivity contribution is 0.810. The molecule has 1 heteroatoms. The first-order valence-electron chi connectivity index (χ1n) is 5.97. The van der Waals surface area contributed by atoms with Gasteiger partial charge in [0.2, 0.25) is 0 Å². The normalized spacial score (nSPS) is 10.7. The highest BCUT2D eigenvalue weighted by Crippen LogP contribution is 2.11. The van der Waals surface area contributed by atoms with Gasteiger partial charge in [-0.3, -0.25) is 4.99 Å². The van der Waals surface area contributed by atoms with Crippen LogP contribution in [0.15, 0.2) is 34.8 Å². The Hall–Kier alpha value is -1.37. The number of nitrogens with zero attached hydrogens (tertiary/aromatic N) is 1. The van der Waals surface area contributed by atoms with Crippen LogP contribution in [-0.2, 0) is 0 Å². The Morgan fingerprint density at radius 1 is 1.19 bits per heavy atom. The third-order valence-corrected chi connectivity index (χ3v) is 2.31. The minimum absolute atomic E-state index is 0.930. The first-order valence-corrected chi connectivity index (χ1v) is 5.97. The first kappa shape index (κ1) is 12.7. The summed E-state index contributed by atoms with van der Waals surface area (Å²) in [6, 6.07) is 8.38. The van der Waals surface area contributed by atoms with E-state index in [2.05, 4.69) is 56.1 Å². The van der Waals surface area contributed by atoms with Gasteiger partial charge in [-0.15, -0.1) is 0 Å². The summed E-state index contributed by atoms with van der Waals surface area (Å²) in [6.45, 7) is 7.35. The molecule has 0 heterocycles. The maximum atomic E-state index is 4.45. The summed E-state index contributed by atoms with van der Waals surface area (Å²) < 4.78 is 0. The monoisotopic (exact) mass is 215 g/mol. The third-order valence-electron chi connectivity index (χ3n) is 2.31. The number of aliphatic imine (C=N–C) groups is 1. The Morgan fingerprint density at radius 2 is 1.88 bits per heavy atom. The molecule has 0 aliphatic rings. The Balaban J connectivity index is 2.79. The zero-order chi connectivity index (χ0) is 11.8. The molecular weight excluding hydrogens is 194 g/mol. The Labute approximate surface area is 98.9 Å². The first-order chi connectivity index (χ1) is 7.74. The van der Waals surface area contributed by atoms with Crippen LogP contribution >= 0.6 is 0 Å².